The lowest BCUT2D eigenvalue weighted by Gasteiger charge is -2.04. The third kappa shape index (κ3) is 1.69. The molecule has 6 heteroatoms. The Hall–Kier alpha value is 0.810. The van der Waals surface area contributed by atoms with E-state index >= 15 is 0 Å². The van der Waals surface area contributed by atoms with Gasteiger partial charge in [0.15, 0.2) is 11.6 Å². The summed E-state index contributed by atoms with van der Waals surface area (Å²) in [5.74, 6) is -2.08. The van der Waals surface area contributed by atoms with Crippen molar-refractivity contribution in [3.05, 3.63) is 30.1 Å². The van der Waals surface area contributed by atoms with E-state index in [1.807, 2.05) is 0 Å². The van der Waals surface area contributed by atoms with Gasteiger partial charge in [-0.05, 0) is 47.8 Å². The van der Waals surface area contributed by atoms with Crippen LogP contribution in [0.1, 0.15) is 0 Å². The molecule has 0 spiro atoms. The third-order valence-electron chi connectivity index (χ3n) is 1.16. The Bertz CT molecular complexity index is 235. The van der Waals surface area contributed by atoms with Crippen molar-refractivity contribution in [3.63, 3.8) is 0 Å². The summed E-state index contributed by atoms with van der Waals surface area (Å²) < 4.78 is 26.4. The Morgan fingerprint density at radius 2 is 1.33 bits per heavy atom. The van der Waals surface area contributed by atoms with Crippen LogP contribution in [0.25, 0.3) is 0 Å². The van der Waals surface area contributed by atoms with E-state index in [0.717, 1.165) is 0 Å². The Balaban J connectivity index is 3.60. The fourth-order valence-corrected chi connectivity index (χ4v) is 2.25. The summed E-state index contributed by atoms with van der Waals surface area (Å²) >= 11 is 14.3. The molecule has 0 heterocycles. The third-order valence-corrected chi connectivity index (χ3v) is 5.13. The molecule has 0 fully saturated rings. The lowest BCUT2D eigenvalue weighted by molar-refractivity contribution is 0.503. The molecule has 0 saturated heterocycles. The van der Waals surface area contributed by atoms with Gasteiger partial charge in [0.1, 0.15) is 0 Å². The molecule has 0 aliphatic heterocycles. The first-order chi connectivity index (χ1) is 5.46. The van der Waals surface area contributed by atoms with Gasteiger partial charge in [0, 0.05) is 0 Å². The van der Waals surface area contributed by atoms with Crippen LogP contribution in [0.5, 0.6) is 0 Å². The van der Waals surface area contributed by atoms with Crippen LogP contribution in [-0.4, -0.2) is 0 Å². The molecule has 66 valence electrons. The maximum Gasteiger partial charge on any atom is 0.179 e. The van der Waals surface area contributed by atoms with Gasteiger partial charge in [-0.15, -0.1) is 0 Å². The van der Waals surface area contributed by atoms with Crippen molar-refractivity contribution in [2.75, 3.05) is 0 Å². The van der Waals surface area contributed by atoms with Crippen molar-refractivity contribution in [2.45, 2.75) is 0 Å². The highest BCUT2D eigenvalue weighted by Crippen LogP contribution is 2.40. The van der Waals surface area contributed by atoms with E-state index in [4.69, 9.17) is 11.6 Å². The van der Waals surface area contributed by atoms with Crippen molar-refractivity contribution in [2.24, 2.45) is 0 Å². The van der Waals surface area contributed by atoms with Crippen molar-refractivity contribution in [1.29, 1.82) is 0 Å². The number of benzene rings is 1. The molecule has 0 aliphatic carbocycles. The molecule has 0 atom stereocenters. The van der Waals surface area contributed by atoms with Crippen molar-refractivity contribution in [1.82, 2.24) is 0 Å². The van der Waals surface area contributed by atoms with Crippen LogP contribution in [0.4, 0.5) is 8.78 Å². The molecule has 0 radical (unpaired) electrons. The van der Waals surface area contributed by atoms with Gasteiger partial charge in [-0.3, -0.25) is 0 Å². The summed E-state index contributed by atoms with van der Waals surface area (Å²) in [5.41, 5.74) is 0. The highest BCUT2D eigenvalue weighted by molar-refractivity contribution is 9.14. The average Bonchev–Trinajstić information content (AvgIpc) is 2.08. The summed E-state index contributed by atoms with van der Waals surface area (Å²) in [4.78, 5) is 0. The van der Waals surface area contributed by atoms with E-state index in [-0.39, 0.29) is 14.0 Å². The van der Waals surface area contributed by atoms with Gasteiger partial charge in [0.2, 0.25) is 0 Å². The van der Waals surface area contributed by atoms with Crippen LogP contribution >= 0.6 is 59.4 Å². The highest BCUT2D eigenvalue weighted by Gasteiger charge is 2.18. The second-order valence-electron chi connectivity index (χ2n) is 1.88. The molecule has 1 aromatic carbocycles. The van der Waals surface area contributed by atoms with Gasteiger partial charge in [-0.25, -0.2) is 8.78 Å². The molecule has 1 aromatic rings. The predicted molar refractivity (Wildman–Crippen MR) is 54.5 cm³/mol. The zero-order chi connectivity index (χ0) is 9.46. The van der Waals surface area contributed by atoms with Crippen LogP contribution in [-0.2, 0) is 0 Å². The molecule has 0 aliphatic rings. The molecule has 0 N–H and O–H groups in total. The smallest absolute Gasteiger partial charge is 0.179 e. The van der Waals surface area contributed by atoms with Gasteiger partial charge in [0.25, 0.3) is 0 Å². The first kappa shape index (κ1) is 10.9. The molecule has 0 amide bonds. The Labute approximate surface area is 97.7 Å². The first-order valence-corrected chi connectivity index (χ1v) is 5.39. The Kier molecular flexibility index (Phi) is 3.54. The van der Waals surface area contributed by atoms with Gasteiger partial charge in [0.05, 0.1) is 18.4 Å². The fraction of sp³-hybridized carbons (Fsp3) is 0. The minimum Gasteiger partial charge on any atom is -0.202 e. The Morgan fingerprint density at radius 1 is 0.833 bits per heavy atom. The summed E-state index contributed by atoms with van der Waals surface area (Å²) in [6, 6.07) is 0. The van der Waals surface area contributed by atoms with Gasteiger partial charge < -0.3 is 0 Å². The molecule has 1 rings (SSSR count). The molecular weight excluding hydrogens is 385 g/mol. The zero-order valence-corrected chi connectivity index (χ0v) is 10.8. The van der Waals surface area contributed by atoms with E-state index < -0.39 is 11.6 Å². The minimum absolute atomic E-state index is 0.0104. The largest absolute Gasteiger partial charge is 0.202 e. The second-order valence-corrected chi connectivity index (χ2v) is 4.64. The zero-order valence-electron chi connectivity index (χ0n) is 5.27. The molecule has 0 unspecified atom stereocenters. The second kappa shape index (κ2) is 3.90. The van der Waals surface area contributed by atoms with Crippen LogP contribution < -0.4 is 0 Å². The fourth-order valence-electron chi connectivity index (χ4n) is 0.578. The topological polar surface area (TPSA) is 0 Å². The number of hydrogen-bond donors (Lipinski definition) is 0. The maximum atomic E-state index is 12.9. The van der Waals surface area contributed by atoms with E-state index in [2.05, 4.69) is 47.8 Å². The van der Waals surface area contributed by atoms with Gasteiger partial charge in [-0.1, -0.05) is 11.6 Å². The van der Waals surface area contributed by atoms with Crippen LogP contribution in [0, 0.1) is 11.6 Å². The molecular formula is C6Br3ClF2. The minimum atomic E-state index is -1.07. The summed E-state index contributed by atoms with van der Waals surface area (Å²) in [5, 5.41) is -0.275. The van der Waals surface area contributed by atoms with Crippen molar-refractivity contribution in [3.8, 4) is 0 Å². The van der Waals surface area contributed by atoms with Crippen molar-refractivity contribution >= 4 is 59.4 Å². The van der Waals surface area contributed by atoms with Gasteiger partial charge in [-0.2, -0.15) is 0 Å². The molecule has 0 saturated carbocycles. The van der Waals surface area contributed by atoms with Gasteiger partial charge >= 0.3 is 0 Å². The highest BCUT2D eigenvalue weighted by atomic mass is 79.9. The lowest BCUT2D eigenvalue weighted by Crippen LogP contribution is -1.90. The van der Waals surface area contributed by atoms with E-state index in [1.54, 1.807) is 0 Å². The molecule has 0 bridgehead atoms. The Morgan fingerprint density at radius 3 is 1.83 bits per heavy atom. The molecule has 0 aromatic heterocycles. The van der Waals surface area contributed by atoms with E-state index in [0.29, 0.717) is 4.47 Å². The molecule has 12 heavy (non-hydrogen) atoms. The maximum absolute atomic E-state index is 12.9. The predicted octanol–water partition coefficient (Wildman–Crippen LogP) is 4.91. The quantitative estimate of drug-likeness (QED) is 0.440. The van der Waals surface area contributed by atoms with Crippen LogP contribution in [0.2, 0.25) is 5.02 Å². The normalized spacial score (nSPS) is 10.5. The number of rotatable bonds is 0. The standard InChI is InChI=1S/C6Br3ClF2/c7-1-2(8)4(10)6(12)5(11)3(1)9. The monoisotopic (exact) mass is 382 g/mol. The van der Waals surface area contributed by atoms with Crippen molar-refractivity contribution < 1.29 is 8.78 Å². The first-order valence-electron chi connectivity index (χ1n) is 2.63. The lowest BCUT2D eigenvalue weighted by atomic mass is 10.3. The van der Waals surface area contributed by atoms with Crippen LogP contribution in [0.15, 0.2) is 13.4 Å². The summed E-state index contributed by atoms with van der Waals surface area (Å²) in [6.45, 7) is 0. The summed E-state index contributed by atoms with van der Waals surface area (Å²) in [6.07, 6.45) is 0. The number of hydrogen-bond acceptors (Lipinski definition) is 0. The number of halogens is 6. The van der Waals surface area contributed by atoms with E-state index in [9.17, 15) is 8.78 Å². The van der Waals surface area contributed by atoms with Crippen LogP contribution in [0.3, 0.4) is 0 Å². The average molecular weight is 385 g/mol. The summed E-state index contributed by atoms with van der Waals surface area (Å²) in [7, 11) is 0. The SMILES string of the molecule is Fc1c(F)c(Br)c(Br)c(Br)c1Cl. The molecule has 0 nitrogen and oxygen atoms in total. The van der Waals surface area contributed by atoms with E-state index in [1.165, 1.54) is 0 Å².